The first-order valence-electron chi connectivity index (χ1n) is 6.40. The molecule has 0 spiro atoms. The first-order valence-corrected chi connectivity index (χ1v) is 6.40. The van der Waals surface area contributed by atoms with Crippen molar-refractivity contribution in [1.82, 2.24) is 5.32 Å². The van der Waals surface area contributed by atoms with Crippen LogP contribution in [-0.4, -0.2) is 43.3 Å². The molecule has 0 bridgehead atoms. The molecule has 0 saturated heterocycles. The fourth-order valence-corrected chi connectivity index (χ4v) is 1.84. The minimum absolute atomic E-state index is 0.219. The van der Waals surface area contributed by atoms with E-state index in [2.05, 4.69) is 5.32 Å². The Hall–Kier alpha value is -1.92. The highest BCUT2D eigenvalue weighted by Gasteiger charge is 2.21. The van der Waals surface area contributed by atoms with Crippen LogP contribution in [0.5, 0.6) is 0 Å². The SMILES string of the molecule is COCCC(NC(=O)c1ccccc1CCN)C(=O)O. The molecule has 20 heavy (non-hydrogen) atoms. The van der Waals surface area contributed by atoms with Gasteiger partial charge in [-0.15, -0.1) is 0 Å². The average molecular weight is 280 g/mol. The number of carboxylic acids is 1. The molecule has 0 saturated carbocycles. The van der Waals surface area contributed by atoms with Crippen molar-refractivity contribution in [2.75, 3.05) is 20.3 Å². The quantitative estimate of drug-likeness (QED) is 0.640. The van der Waals surface area contributed by atoms with E-state index in [1.165, 1.54) is 7.11 Å². The minimum atomic E-state index is -1.08. The second-order valence-electron chi connectivity index (χ2n) is 4.34. The highest BCUT2D eigenvalue weighted by atomic mass is 16.5. The van der Waals surface area contributed by atoms with Gasteiger partial charge in [-0.05, 0) is 24.6 Å². The number of methoxy groups -OCH3 is 1. The summed E-state index contributed by atoms with van der Waals surface area (Å²) in [6.07, 6.45) is 0.788. The molecule has 1 aromatic rings. The lowest BCUT2D eigenvalue weighted by molar-refractivity contribution is -0.139. The maximum Gasteiger partial charge on any atom is 0.326 e. The van der Waals surface area contributed by atoms with Crippen LogP contribution in [0, 0.1) is 0 Å². The van der Waals surface area contributed by atoms with Crippen LogP contribution in [0.25, 0.3) is 0 Å². The Morgan fingerprint density at radius 2 is 2.10 bits per heavy atom. The molecule has 0 aromatic heterocycles. The van der Waals surface area contributed by atoms with Gasteiger partial charge in [-0.2, -0.15) is 0 Å². The van der Waals surface area contributed by atoms with Crippen LogP contribution in [0.2, 0.25) is 0 Å². The number of nitrogens with one attached hydrogen (secondary N) is 1. The number of hydrogen-bond donors (Lipinski definition) is 3. The average Bonchev–Trinajstić information content (AvgIpc) is 2.43. The van der Waals surface area contributed by atoms with Crippen molar-refractivity contribution >= 4 is 11.9 Å². The van der Waals surface area contributed by atoms with Gasteiger partial charge in [-0.3, -0.25) is 4.79 Å². The molecule has 0 radical (unpaired) electrons. The Morgan fingerprint density at radius 3 is 2.70 bits per heavy atom. The van der Waals surface area contributed by atoms with E-state index in [1.807, 2.05) is 12.1 Å². The van der Waals surface area contributed by atoms with Crippen LogP contribution >= 0.6 is 0 Å². The smallest absolute Gasteiger partial charge is 0.326 e. The number of rotatable bonds is 8. The summed E-state index contributed by atoms with van der Waals surface area (Å²) in [5.74, 6) is -1.48. The predicted molar refractivity (Wildman–Crippen MR) is 74.6 cm³/mol. The van der Waals surface area contributed by atoms with Crippen molar-refractivity contribution < 1.29 is 19.4 Å². The van der Waals surface area contributed by atoms with Crippen LogP contribution in [0.4, 0.5) is 0 Å². The van der Waals surface area contributed by atoms with E-state index in [9.17, 15) is 9.59 Å². The van der Waals surface area contributed by atoms with Gasteiger partial charge in [0.1, 0.15) is 6.04 Å². The van der Waals surface area contributed by atoms with Gasteiger partial charge >= 0.3 is 5.97 Å². The second kappa shape index (κ2) is 8.29. The number of carbonyl (C=O) groups is 2. The summed E-state index contributed by atoms with van der Waals surface area (Å²) in [6.45, 7) is 0.692. The second-order valence-corrected chi connectivity index (χ2v) is 4.34. The van der Waals surface area contributed by atoms with Crippen molar-refractivity contribution in [2.24, 2.45) is 5.73 Å². The monoisotopic (exact) mass is 280 g/mol. The van der Waals surface area contributed by atoms with E-state index in [-0.39, 0.29) is 13.0 Å². The third-order valence-electron chi connectivity index (χ3n) is 2.89. The summed E-state index contributed by atoms with van der Waals surface area (Å²) >= 11 is 0. The fourth-order valence-electron chi connectivity index (χ4n) is 1.84. The number of benzene rings is 1. The van der Waals surface area contributed by atoms with Crippen LogP contribution in [0.15, 0.2) is 24.3 Å². The third kappa shape index (κ3) is 4.64. The number of nitrogens with two attached hydrogens (primary N) is 1. The zero-order valence-electron chi connectivity index (χ0n) is 11.5. The highest BCUT2D eigenvalue weighted by molar-refractivity contribution is 5.97. The number of ether oxygens (including phenoxy) is 1. The first-order chi connectivity index (χ1) is 9.60. The molecule has 0 aliphatic heterocycles. The van der Waals surface area contributed by atoms with E-state index < -0.39 is 17.9 Å². The summed E-state index contributed by atoms with van der Waals surface area (Å²) in [4.78, 5) is 23.3. The molecule has 1 atom stereocenters. The van der Waals surface area contributed by atoms with Crippen molar-refractivity contribution in [3.8, 4) is 0 Å². The molecule has 0 fully saturated rings. The molecule has 1 unspecified atom stereocenters. The largest absolute Gasteiger partial charge is 0.480 e. The fraction of sp³-hybridized carbons (Fsp3) is 0.429. The first kappa shape index (κ1) is 16.1. The lowest BCUT2D eigenvalue weighted by Gasteiger charge is -2.15. The molecule has 0 aliphatic carbocycles. The molecule has 1 rings (SSSR count). The van der Waals surface area contributed by atoms with Crippen LogP contribution in [0.3, 0.4) is 0 Å². The predicted octanol–water partition coefficient (Wildman–Crippen LogP) is 0.407. The zero-order chi connectivity index (χ0) is 15.0. The summed E-state index contributed by atoms with van der Waals surface area (Å²) in [6, 6.07) is 6.07. The Kier molecular flexibility index (Phi) is 6.69. The van der Waals surface area contributed by atoms with Crippen LogP contribution in [-0.2, 0) is 16.0 Å². The summed E-state index contributed by atoms with van der Waals surface area (Å²) < 4.78 is 4.84. The van der Waals surface area contributed by atoms with E-state index in [0.29, 0.717) is 18.5 Å². The Bertz CT molecular complexity index is 462. The number of amides is 1. The molecule has 4 N–H and O–H groups in total. The Labute approximate surface area is 117 Å². The van der Waals surface area contributed by atoms with Crippen molar-refractivity contribution in [3.05, 3.63) is 35.4 Å². The molecule has 6 nitrogen and oxygen atoms in total. The Balaban J connectivity index is 2.80. The van der Waals surface area contributed by atoms with E-state index >= 15 is 0 Å². The van der Waals surface area contributed by atoms with Crippen molar-refractivity contribution in [1.29, 1.82) is 0 Å². The number of hydrogen-bond acceptors (Lipinski definition) is 4. The maximum absolute atomic E-state index is 12.2. The molecule has 0 heterocycles. The molecular weight excluding hydrogens is 260 g/mol. The van der Waals surface area contributed by atoms with Gasteiger partial charge in [-0.25, -0.2) is 4.79 Å². The van der Waals surface area contributed by atoms with E-state index in [4.69, 9.17) is 15.6 Å². The van der Waals surface area contributed by atoms with Gasteiger partial charge in [-0.1, -0.05) is 18.2 Å². The van der Waals surface area contributed by atoms with Gasteiger partial charge in [0.2, 0.25) is 0 Å². The van der Waals surface area contributed by atoms with Crippen LogP contribution in [0.1, 0.15) is 22.3 Å². The van der Waals surface area contributed by atoms with Gasteiger partial charge < -0.3 is 20.9 Å². The summed E-state index contributed by atoms with van der Waals surface area (Å²) in [5.41, 5.74) is 6.77. The number of carboxylic acid groups (broad SMARTS) is 1. The molecule has 1 amide bonds. The molecule has 0 aliphatic rings. The highest BCUT2D eigenvalue weighted by Crippen LogP contribution is 2.10. The molecule has 6 heteroatoms. The lowest BCUT2D eigenvalue weighted by Crippen LogP contribution is -2.41. The van der Waals surface area contributed by atoms with Crippen molar-refractivity contribution in [2.45, 2.75) is 18.9 Å². The molecule has 1 aromatic carbocycles. The third-order valence-corrected chi connectivity index (χ3v) is 2.89. The van der Waals surface area contributed by atoms with Gasteiger partial charge in [0, 0.05) is 25.7 Å². The standard InChI is InChI=1S/C14H20N2O4/c1-20-9-7-12(14(18)19)16-13(17)11-5-3-2-4-10(11)6-8-15/h2-5,12H,6-9,15H2,1H3,(H,16,17)(H,18,19). The number of carbonyl (C=O) groups excluding carboxylic acids is 1. The topological polar surface area (TPSA) is 102 Å². The van der Waals surface area contributed by atoms with Crippen molar-refractivity contribution in [3.63, 3.8) is 0 Å². The number of aliphatic carboxylic acids is 1. The lowest BCUT2D eigenvalue weighted by atomic mass is 10.0. The normalized spacial score (nSPS) is 11.9. The molecule has 110 valence electrons. The van der Waals surface area contributed by atoms with Gasteiger partial charge in [0.05, 0.1) is 0 Å². The van der Waals surface area contributed by atoms with Gasteiger partial charge in [0.15, 0.2) is 0 Å². The zero-order valence-corrected chi connectivity index (χ0v) is 11.5. The van der Waals surface area contributed by atoms with E-state index in [1.54, 1.807) is 12.1 Å². The minimum Gasteiger partial charge on any atom is -0.480 e. The van der Waals surface area contributed by atoms with Crippen LogP contribution < -0.4 is 11.1 Å². The summed E-state index contributed by atoms with van der Waals surface area (Å²) in [7, 11) is 1.48. The van der Waals surface area contributed by atoms with E-state index in [0.717, 1.165) is 5.56 Å². The summed E-state index contributed by atoms with van der Waals surface area (Å²) in [5, 5.41) is 11.6. The molecular formula is C14H20N2O4. The Morgan fingerprint density at radius 1 is 1.40 bits per heavy atom. The van der Waals surface area contributed by atoms with Gasteiger partial charge in [0.25, 0.3) is 5.91 Å². The maximum atomic E-state index is 12.2.